The molecule has 0 spiro atoms. The number of thiophene rings is 1. The maximum atomic E-state index is 13.0. The van der Waals surface area contributed by atoms with Crippen LogP contribution in [-0.4, -0.2) is 18.8 Å². The van der Waals surface area contributed by atoms with E-state index in [4.69, 9.17) is 0 Å². The van der Waals surface area contributed by atoms with E-state index in [1.807, 2.05) is 18.4 Å². The Hall–Kier alpha value is -0.0700. The molecule has 1 nitrogen and oxygen atoms in total. The van der Waals surface area contributed by atoms with Gasteiger partial charge < -0.3 is 5.32 Å². The van der Waals surface area contributed by atoms with E-state index in [2.05, 4.69) is 21.2 Å². The van der Waals surface area contributed by atoms with Crippen LogP contribution < -0.4 is 5.32 Å². The van der Waals surface area contributed by atoms with E-state index in [9.17, 15) is 13.2 Å². The zero-order valence-corrected chi connectivity index (χ0v) is 14.5. The lowest BCUT2D eigenvalue weighted by Gasteiger charge is -2.35. The third kappa shape index (κ3) is 4.70. The predicted octanol–water partition coefficient (Wildman–Crippen LogP) is 5.40. The van der Waals surface area contributed by atoms with Crippen LogP contribution in [0.25, 0.3) is 0 Å². The molecule has 0 radical (unpaired) electrons. The Labute approximate surface area is 136 Å². The molecule has 0 saturated heterocycles. The van der Waals surface area contributed by atoms with Gasteiger partial charge in [0.1, 0.15) is 0 Å². The molecule has 2 rings (SSSR count). The van der Waals surface area contributed by atoms with Gasteiger partial charge in [-0.25, -0.2) is 0 Å². The van der Waals surface area contributed by atoms with Crippen LogP contribution in [0.15, 0.2) is 15.9 Å². The summed E-state index contributed by atoms with van der Waals surface area (Å²) in [7, 11) is 0. The monoisotopic (exact) mass is 383 g/mol. The minimum Gasteiger partial charge on any atom is -0.314 e. The second kappa shape index (κ2) is 7.47. The van der Waals surface area contributed by atoms with E-state index in [0.29, 0.717) is 12.8 Å². The molecule has 1 aromatic rings. The molecule has 1 heterocycles. The molecular weight excluding hydrogens is 363 g/mol. The summed E-state index contributed by atoms with van der Waals surface area (Å²) < 4.78 is 40.0. The average molecular weight is 384 g/mol. The summed E-state index contributed by atoms with van der Waals surface area (Å²) in [6.45, 7) is 2.81. The quantitative estimate of drug-likeness (QED) is 0.717. The fraction of sp³-hybridized carbons (Fsp3) is 0.733. The molecule has 3 unspecified atom stereocenters. The molecule has 1 saturated carbocycles. The van der Waals surface area contributed by atoms with Gasteiger partial charge in [0.15, 0.2) is 0 Å². The average Bonchev–Trinajstić information content (AvgIpc) is 2.83. The number of likely N-dealkylation sites (N-methyl/N-ethyl adjacent to an activating group) is 1. The van der Waals surface area contributed by atoms with Gasteiger partial charge in [0, 0.05) is 15.4 Å². The predicted molar refractivity (Wildman–Crippen MR) is 84.7 cm³/mol. The van der Waals surface area contributed by atoms with Gasteiger partial charge in [-0.15, -0.1) is 11.3 Å². The van der Waals surface area contributed by atoms with Crippen molar-refractivity contribution in [3.63, 3.8) is 0 Å². The van der Waals surface area contributed by atoms with Gasteiger partial charge in [-0.1, -0.05) is 13.3 Å². The molecule has 3 atom stereocenters. The van der Waals surface area contributed by atoms with Crippen LogP contribution in [0.4, 0.5) is 13.2 Å². The van der Waals surface area contributed by atoms with Gasteiger partial charge in [-0.05, 0) is 65.5 Å². The first-order valence-electron chi connectivity index (χ1n) is 7.43. The summed E-state index contributed by atoms with van der Waals surface area (Å²) in [6, 6.07) is 2.14. The van der Waals surface area contributed by atoms with Crippen LogP contribution in [0.3, 0.4) is 0 Å². The summed E-state index contributed by atoms with van der Waals surface area (Å²) in [5.41, 5.74) is 0. The van der Waals surface area contributed by atoms with E-state index < -0.39 is 12.1 Å². The topological polar surface area (TPSA) is 12.0 Å². The Balaban J connectivity index is 2.05. The fourth-order valence-corrected chi connectivity index (χ4v) is 4.80. The Kier molecular flexibility index (Phi) is 6.15. The van der Waals surface area contributed by atoms with Crippen molar-refractivity contribution in [2.45, 2.75) is 51.2 Å². The zero-order chi connectivity index (χ0) is 15.5. The Bertz CT molecular complexity index is 446. The van der Waals surface area contributed by atoms with Crippen molar-refractivity contribution < 1.29 is 13.2 Å². The van der Waals surface area contributed by atoms with Crippen molar-refractivity contribution in [3.8, 4) is 0 Å². The first kappa shape index (κ1) is 17.3. The molecule has 6 heteroatoms. The van der Waals surface area contributed by atoms with Gasteiger partial charge in [-0.3, -0.25) is 0 Å². The molecule has 0 bridgehead atoms. The van der Waals surface area contributed by atoms with Gasteiger partial charge in [-0.2, -0.15) is 13.2 Å². The first-order valence-corrected chi connectivity index (χ1v) is 9.11. The van der Waals surface area contributed by atoms with Crippen molar-refractivity contribution in [2.24, 2.45) is 11.8 Å². The third-order valence-electron chi connectivity index (χ3n) is 4.31. The van der Waals surface area contributed by atoms with Crippen LogP contribution in [0, 0.1) is 11.8 Å². The van der Waals surface area contributed by atoms with Crippen molar-refractivity contribution >= 4 is 27.3 Å². The highest BCUT2D eigenvalue weighted by Gasteiger charge is 2.43. The number of hydrogen-bond donors (Lipinski definition) is 1. The van der Waals surface area contributed by atoms with Gasteiger partial charge in [0.25, 0.3) is 0 Å². The Morgan fingerprint density at radius 2 is 2.19 bits per heavy atom. The third-order valence-corrected chi connectivity index (χ3v) is 6.26. The zero-order valence-electron chi connectivity index (χ0n) is 12.0. The van der Waals surface area contributed by atoms with Crippen molar-refractivity contribution in [3.05, 3.63) is 20.8 Å². The minimum atomic E-state index is -4.04. The molecule has 21 heavy (non-hydrogen) atoms. The lowest BCUT2D eigenvalue weighted by molar-refractivity contribution is -0.186. The first-order chi connectivity index (χ1) is 9.91. The number of halogens is 4. The van der Waals surface area contributed by atoms with E-state index in [1.165, 1.54) is 4.88 Å². The van der Waals surface area contributed by atoms with Crippen LogP contribution in [-0.2, 0) is 6.42 Å². The van der Waals surface area contributed by atoms with E-state index in [-0.39, 0.29) is 18.4 Å². The van der Waals surface area contributed by atoms with E-state index >= 15 is 0 Å². The standard InChI is InChI=1S/C15H21BrF3NS/c1-2-20-13(9-14-12(16)6-7-21-14)10-4-3-5-11(8-10)15(17,18)19/h6-7,10-11,13,20H,2-5,8-9H2,1H3. The highest BCUT2D eigenvalue weighted by atomic mass is 79.9. The molecule has 120 valence electrons. The number of rotatable bonds is 5. The SMILES string of the molecule is CCNC(Cc1sccc1Br)C1CCCC(C(F)(F)F)C1. The van der Waals surface area contributed by atoms with Crippen LogP contribution >= 0.6 is 27.3 Å². The van der Waals surface area contributed by atoms with Crippen molar-refractivity contribution in [1.29, 1.82) is 0 Å². The molecule has 1 N–H and O–H groups in total. The largest absolute Gasteiger partial charge is 0.391 e. The number of hydrogen-bond acceptors (Lipinski definition) is 2. The number of alkyl halides is 3. The smallest absolute Gasteiger partial charge is 0.314 e. The van der Waals surface area contributed by atoms with E-state index in [1.54, 1.807) is 11.3 Å². The molecule has 0 amide bonds. The molecular formula is C15H21BrF3NS. The molecule has 1 fully saturated rings. The second-order valence-corrected chi connectivity index (χ2v) is 7.58. The Morgan fingerprint density at radius 1 is 1.43 bits per heavy atom. The van der Waals surface area contributed by atoms with Gasteiger partial charge in [0.2, 0.25) is 0 Å². The maximum absolute atomic E-state index is 13.0. The summed E-state index contributed by atoms with van der Waals surface area (Å²) in [4.78, 5) is 1.22. The lowest BCUT2D eigenvalue weighted by atomic mass is 9.76. The molecule has 1 aromatic heterocycles. The van der Waals surface area contributed by atoms with Crippen molar-refractivity contribution in [2.75, 3.05) is 6.54 Å². The highest BCUT2D eigenvalue weighted by molar-refractivity contribution is 9.10. The summed E-state index contributed by atoms with van der Waals surface area (Å²) in [5.74, 6) is -1.01. The molecule has 0 aromatic carbocycles. The van der Waals surface area contributed by atoms with Crippen LogP contribution in [0.5, 0.6) is 0 Å². The maximum Gasteiger partial charge on any atom is 0.391 e. The van der Waals surface area contributed by atoms with Crippen LogP contribution in [0.2, 0.25) is 0 Å². The summed E-state index contributed by atoms with van der Waals surface area (Å²) >= 11 is 5.18. The minimum absolute atomic E-state index is 0.110. The summed E-state index contributed by atoms with van der Waals surface area (Å²) in [6.07, 6.45) is -1.10. The summed E-state index contributed by atoms with van der Waals surface area (Å²) in [5, 5.41) is 5.42. The molecule has 0 aliphatic heterocycles. The molecule has 1 aliphatic carbocycles. The normalized spacial score (nSPS) is 25.0. The van der Waals surface area contributed by atoms with Gasteiger partial charge in [0.05, 0.1) is 5.92 Å². The lowest BCUT2D eigenvalue weighted by Crippen LogP contribution is -2.42. The second-order valence-electron chi connectivity index (χ2n) is 5.73. The van der Waals surface area contributed by atoms with E-state index in [0.717, 1.165) is 23.9 Å². The highest BCUT2D eigenvalue weighted by Crippen LogP contribution is 2.41. The van der Waals surface area contributed by atoms with Crippen molar-refractivity contribution in [1.82, 2.24) is 5.32 Å². The fourth-order valence-electron chi connectivity index (χ4n) is 3.23. The number of nitrogens with one attached hydrogen (secondary N) is 1. The molecule has 1 aliphatic rings. The Morgan fingerprint density at radius 3 is 2.76 bits per heavy atom. The van der Waals surface area contributed by atoms with Gasteiger partial charge >= 0.3 is 6.18 Å². The van der Waals surface area contributed by atoms with Crippen LogP contribution in [0.1, 0.15) is 37.5 Å².